The summed E-state index contributed by atoms with van der Waals surface area (Å²) in [5.74, 6) is 0. The average Bonchev–Trinajstić information content (AvgIpc) is 1.79. The van der Waals surface area contributed by atoms with Gasteiger partial charge >= 0.3 is 0 Å². The van der Waals surface area contributed by atoms with Gasteiger partial charge in [0.25, 0.3) is 0 Å². The van der Waals surface area contributed by atoms with Crippen LogP contribution in [-0.4, -0.2) is 24.3 Å². The first-order valence-electron chi connectivity index (χ1n) is 5.67. The quantitative estimate of drug-likeness (QED) is 0.757. The van der Waals surface area contributed by atoms with Crippen LogP contribution in [0.1, 0.15) is 55.4 Å². The lowest BCUT2D eigenvalue weighted by atomic mass is 10.3. The number of hydrogen-bond donors (Lipinski definition) is 1. The second kappa shape index (κ2) is 9.47. The lowest BCUT2D eigenvalue weighted by Crippen LogP contribution is -2.29. The van der Waals surface area contributed by atoms with E-state index in [4.69, 9.17) is 4.74 Å². The van der Waals surface area contributed by atoms with E-state index in [1.165, 1.54) is 0 Å². The van der Waals surface area contributed by atoms with Gasteiger partial charge in [-0.1, -0.05) is 27.7 Å². The molecule has 0 saturated heterocycles. The summed E-state index contributed by atoms with van der Waals surface area (Å²) < 4.78 is 5.25. The third-order valence-corrected chi connectivity index (χ3v) is 1.21. The molecular formula is C12H29NO. The Hall–Kier alpha value is -0.0800. The molecule has 0 aromatic rings. The Balaban J connectivity index is 0. The predicted octanol–water partition coefficient (Wildman–Crippen LogP) is 3.21. The van der Waals surface area contributed by atoms with E-state index in [0.717, 1.165) is 0 Å². The fourth-order valence-electron chi connectivity index (χ4n) is 1.21. The van der Waals surface area contributed by atoms with E-state index in [0.29, 0.717) is 24.3 Å². The molecule has 0 atom stereocenters. The first-order valence-corrected chi connectivity index (χ1v) is 5.67. The van der Waals surface area contributed by atoms with Crippen LogP contribution >= 0.6 is 0 Å². The highest BCUT2D eigenvalue weighted by Crippen LogP contribution is 1.93. The van der Waals surface area contributed by atoms with Gasteiger partial charge in [-0.05, 0) is 27.7 Å². The highest BCUT2D eigenvalue weighted by Gasteiger charge is 1.94. The van der Waals surface area contributed by atoms with Crippen molar-refractivity contribution < 1.29 is 4.74 Å². The van der Waals surface area contributed by atoms with E-state index in [2.05, 4.69) is 33.0 Å². The normalized spacial score (nSPS) is 11.1. The Bertz CT molecular complexity index is 82.9. The summed E-state index contributed by atoms with van der Waals surface area (Å²) in [6.07, 6.45) is 0.750. The van der Waals surface area contributed by atoms with E-state index >= 15 is 0 Å². The van der Waals surface area contributed by atoms with Crippen molar-refractivity contribution >= 4 is 0 Å². The summed E-state index contributed by atoms with van der Waals surface area (Å²) in [4.78, 5) is 0. The minimum atomic E-state index is 0.375. The summed E-state index contributed by atoms with van der Waals surface area (Å²) in [6, 6.07) is 1.25. The molecule has 0 aromatic carbocycles. The highest BCUT2D eigenvalue weighted by molar-refractivity contribution is 4.55. The Morgan fingerprint density at radius 1 is 0.643 bits per heavy atom. The van der Waals surface area contributed by atoms with Crippen molar-refractivity contribution in [3.8, 4) is 0 Å². The predicted molar refractivity (Wildman–Crippen MR) is 64.8 cm³/mol. The molecule has 0 amide bonds. The van der Waals surface area contributed by atoms with Crippen molar-refractivity contribution in [3.63, 3.8) is 0 Å². The van der Waals surface area contributed by atoms with E-state index in [1.807, 2.05) is 27.7 Å². The molecule has 0 aliphatic carbocycles. The Morgan fingerprint density at radius 3 is 0.929 bits per heavy atom. The molecule has 14 heavy (non-hydrogen) atoms. The van der Waals surface area contributed by atoms with Gasteiger partial charge in [-0.3, -0.25) is 0 Å². The SMILES string of the molecule is CC(C)NC(C)C.CC(C)OC(C)C. The number of hydrogen-bond acceptors (Lipinski definition) is 2. The first kappa shape index (κ1) is 16.4. The molecule has 0 aliphatic heterocycles. The van der Waals surface area contributed by atoms with Crippen LogP contribution in [0, 0.1) is 0 Å². The van der Waals surface area contributed by atoms with E-state index < -0.39 is 0 Å². The minimum Gasteiger partial charge on any atom is -0.376 e. The first-order chi connectivity index (χ1) is 6.25. The molecular weight excluding hydrogens is 174 g/mol. The maximum absolute atomic E-state index is 5.25. The van der Waals surface area contributed by atoms with Crippen molar-refractivity contribution in [1.82, 2.24) is 5.32 Å². The minimum absolute atomic E-state index is 0.375. The third kappa shape index (κ3) is 22.7. The van der Waals surface area contributed by atoms with Crippen molar-refractivity contribution in [2.45, 2.75) is 79.7 Å². The van der Waals surface area contributed by atoms with E-state index in [9.17, 15) is 0 Å². The molecule has 0 unspecified atom stereocenters. The smallest absolute Gasteiger partial charge is 0.0522 e. The summed E-state index contributed by atoms with van der Waals surface area (Å²) in [5.41, 5.74) is 0. The van der Waals surface area contributed by atoms with Gasteiger partial charge in [-0.2, -0.15) is 0 Å². The van der Waals surface area contributed by atoms with Crippen molar-refractivity contribution in [2.24, 2.45) is 0 Å². The molecule has 0 saturated carbocycles. The second-order valence-electron chi connectivity index (χ2n) is 4.71. The van der Waals surface area contributed by atoms with Gasteiger partial charge in [0.05, 0.1) is 12.2 Å². The summed E-state index contributed by atoms with van der Waals surface area (Å²) in [5, 5.41) is 3.31. The molecule has 0 bridgehead atoms. The fourth-order valence-corrected chi connectivity index (χ4v) is 1.21. The van der Waals surface area contributed by atoms with Gasteiger partial charge < -0.3 is 10.1 Å². The molecule has 2 nitrogen and oxygen atoms in total. The van der Waals surface area contributed by atoms with Crippen molar-refractivity contribution in [2.75, 3.05) is 0 Å². The summed E-state index contributed by atoms with van der Waals surface area (Å²) in [7, 11) is 0. The maximum atomic E-state index is 5.25. The molecule has 0 fully saturated rings. The van der Waals surface area contributed by atoms with Crippen molar-refractivity contribution in [3.05, 3.63) is 0 Å². The van der Waals surface area contributed by atoms with E-state index in [1.54, 1.807) is 0 Å². The summed E-state index contributed by atoms with van der Waals surface area (Å²) >= 11 is 0. The zero-order valence-electron chi connectivity index (χ0n) is 11.2. The van der Waals surface area contributed by atoms with Crippen LogP contribution in [0.15, 0.2) is 0 Å². The Morgan fingerprint density at radius 2 is 0.929 bits per heavy atom. The third-order valence-electron chi connectivity index (χ3n) is 1.21. The van der Waals surface area contributed by atoms with Gasteiger partial charge in [0, 0.05) is 12.1 Å². The van der Waals surface area contributed by atoms with Crippen LogP contribution in [0.4, 0.5) is 0 Å². The molecule has 1 N–H and O–H groups in total. The lowest BCUT2D eigenvalue weighted by molar-refractivity contribution is 0.0300. The topological polar surface area (TPSA) is 21.3 Å². The molecule has 88 valence electrons. The van der Waals surface area contributed by atoms with Gasteiger partial charge in [0.2, 0.25) is 0 Å². The van der Waals surface area contributed by atoms with Crippen LogP contribution in [0.25, 0.3) is 0 Å². The molecule has 0 aliphatic rings. The Kier molecular flexibility index (Phi) is 11.1. The molecule has 0 aromatic heterocycles. The second-order valence-corrected chi connectivity index (χ2v) is 4.71. The maximum Gasteiger partial charge on any atom is 0.0522 e. The molecule has 2 heteroatoms. The molecule has 0 heterocycles. The molecule has 0 rings (SSSR count). The lowest BCUT2D eigenvalue weighted by Gasteiger charge is -2.10. The molecule has 0 radical (unpaired) electrons. The molecule has 0 spiro atoms. The number of rotatable bonds is 4. The van der Waals surface area contributed by atoms with Crippen LogP contribution in [0.2, 0.25) is 0 Å². The Labute approximate surface area is 90.4 Å². The standard InChI is InChI=1S/C6H15N.C6H14O/c2*1-5(2)7-6(3)4/h5-7H,1-4H3;5-6H,1-4H3. The zero-order valence-corrected chi connectivity index (χ0v) is 11.2. The van der Waals surface area contributed by atoms with Gasteiger partial charge in [-0.25, -0.2) is 0 Å². The van der Waals surface area contributed by atoms with Crippen LogP contribution < -0.4 is 5.32 Å². The highest BCUT2D eigenvalue weighted by atomic mass is 16.5. The van der Waals surface area contributed by atoms with Crippen molar-refractivity contribution in [1.29, 1.82) is 0 Å². The van der Waals surface area contributed by atoms with Crippen LogP contribution in [0.5, 0.6) is 0 Å². The monoisotopic (exact) mass is 203 g/mol. The fraction of sp³-hybridized carbons (Fsp3) is 1.00. The van der Waals surface area contributed by atoms with Gasteiger partial charge in [0.15, 0.2) is 0 Å². The number of ether oxygens (including phenoxy) is 1. The van der Waals surface area contributed by atoms with Gasteiger partial charge in [0.1, 0.15) is 0 Å². The largest absolute Gasteiger partial charge is 0.376 e. The van der Waals surface area contributed by atoms with Crippen LogP contribution in [-0.2, 0) is 4.74 Å². The zero-order chi connectivity index (χ0) is 11.7. The van der Waals surface area contributed by atoms with E-state index in [-0.39, 0.29) is 0 Å². The number of nitrogens with one attached hydrogen (secondary N) is 1. The summed E-state index contributed by atoms with van der Waals surface area (Å²) in [6.45, 7) is 16.8. The van der Waals surface area contributed by atoms with Crippen LogP contribution in [0.3, 0.4) is 0 Å². The average molecular weight is 203 g/mol. The van der Waals surface area contributed by atoms with Gasteiger partial charge in [-0.15, -0.1) is 0 Å².